The zero-order valence-electron chi connectivity index (χ0n) is 14.7. The Labute approximate surface area is 139 Å². The van der Waals surface area contributed by atoms with Crippen molar-refractivity contribution in [2.75, 3.05) is 6.61 Å². The van der Waals surface area contributed by atoms with Crippen LogP contribution in [0.1, 0.15) is 76.5 Å². The largest absolute Gasteiger partial charge is 0.494 e. The predicted molar refractivity (Wildman–Crippen MR) is 92.1 cm³/mol. The fourth-order valence-corrected chi connectivity index (χ4v) is 3.58. The second-order valence-corrected chi connectivity index (χ2v) is 8.25. The van der Waals surface area contributed by atoms with E-state index in [0.29, 0.717) is 5.92 Å². The van der Waals surface area contributed by atoms with Crippen LogP contribution < -0.4 is 5.46 Å². The maximum absolute atomic E-state index is 6.22. The molecule has 2 saturated heterocycles. The lowest BCUT2D eigenvalue weighted by molar-refractivity contribution is 0.00578. The minimum atomic E-state index is -0.287. The molecule has 1 atom stereocenters. The Bertz CT molecular complexity index is 585. The Morgan fingerprint density at radius 3 is 2.22 bits per heavy atom. The predicted octanol–water partition coefficient (Wildman–Crippen LogP) is 3.71. The Hall–Kier alpha value is -0.835. The number of hydrogen-bond donors (Lipinski definition) is 0. The molecule has 1 saturated carbocycles. The average Bonchev–Trinajstić information content (AvgIpc) is 3.14. The van der Waals surface area contributed by atoms with E-state index < -0.39 is 0 Å². The molecule has 1 aromatic carbocycles. The van der Waals surface area contributed by atoms with Crippen molar-refractivity contribution in [1.29, 1.82) is 0 Å². The van der Waals surface area contributed by atoms with Gasteiger partial charge < -0.3 is 14.0 Å². The summed E-state index contributed by atoms with van der Waals surface area (Å²) in [5, 5.41) is 0. The Morgan fingerprint density at radius 2 is 1.65 bits per heavy atom. The molecule has 1 unspecified atom stereocenters. The van der Waals surface area contributed by atoms with Crippen molar-refractivity contribution >= 4 is 12.6 Å². The topological polar surface area (TPSA) is 27.7 Å². The SMILES string of the molecule is CC1(C)OB(c2ccc(C3CCCO3)c(C3CC3)c2)OC1(C)C. The maximum Gasteiger partial charge on any atom is 0.494 e. The van der Waals surface area contributed by atoms with Crippen molar-refractivity contribution in [3.05, 3.63) is 29.3 Å². The van der Waals surface area contributed by atoms with E-state index in [4.69, 9.17) is 14.0 Å². The van der Waals surface area contributed by atoms with Crippen molar-refractivity contribution in [1.82, 2.24) is 0 Å². The molecule has 0 radical (unpaired) electrons. The van der Waals surface area contributed by atoms with Gasteiger partial charge in [0.15, 0.2) is 0 Å². The van der Waals surface area contributed by atoms with E-state index in [1.807, 2.05) is 0 Å². The number of rotatable bonds is 3. The third kappa shape index (κ3) is 2.75. The minimum absolute atomic E-state index is 0.268. The van der Waals surface area contributed by atoms with E-state index in [0.717, 1.165) is 18.5 Å². The zero-order valence-corrected chi connectivity index (χ0v) is 14.7. The highest BCUT2D eigenvalue weighted by Crippen LogP contribution is 2.45. The van der Waals surface area contributed by atoms with Gasteiger partial charge in [0.25, 0.3) is 0 Å². The average molecular weight is 314 g/mol. The van der Waals surface area contributed by atoms with E-state index >= 15 is 0 Å². The fourth-order valence-electron chi connectivity index (χ4n) is 3.58. The third-order valence-electron chi connectivity index (χ3n) is 5.93. The minimum Gasteiger partial charge on any atom is -0.399 e. The summed E-state index contributed by atoms with van der Waals surface area (Å²) in [7, 11) is -0.268. The molecule has 23 heavy (non-hydrogen) atoms. The van der Waals surface area contributed by atoms with E-state index in [2.05, 4.69) is 45.9 Å². The van der Waals surface area contributed by atoms with Crippen LogP contribution in [0.25, 0.3) is 0 Å². The highest BCUT2D eigenvalue weighted by molar-refractivity contribution is 6.62. The lowest BCUT2D eigenvalue weighted by Crippen LogP contribution is -2.41. The van der Waals surface area contributed by atoms with E-state index in [-0.39, 0.29) is 24.4 Å². The molecule has 0 aromatic heterocycles. The number of ether oxygens (including phenoxy) is 1. The molecule has 2 heterocycles. The summed E-state index contributed by atoms with van der Waals surface area (Å²) in [4.78, 5) is 0. The summed E-state index contributed by atoms with van der Waals surface area (Å²) in [6.07, 6.45) is 5.21. The second kappa shape index (κ2) is 5.33. The second-order valence-electron chi connectivity index (χ2n) is 8.25. The van der Waals surface area contributed by atoms with Crippen LogP contribution >= 0.6 is 0 Å². The van der Waals surface area contributed by atoms with Crippen molar-refractivity contribution in [3.63, 3.8) is 0 Å². The quantitative estimate of drug-likeness (QED) is 0.796. The van der Waals surface area contributed by atoms with Gasteiger partial charge in [0.05, 0.1) is 17.3 Å². The van der Waals surface area contributed by atoms with Gasteiger partial charge in [-0.15, -0.1) is 0 Å². The molecular weight excluding hydrogens is 287 g/mol. The number of hydrogen-bond acceptors (Lipinski definition) is 3. The first kappa shape index (κ1) is 15.7. The molecule has 2 aliphatic heterocycles. The summed E-state index contributed by atoms with van der Waals surface area (Å²) in [5.41, 5.74) is 3.43. The molecule has 124 valence electrons. The van der Waals surface area contributed by atoms with Crippen molar-refractivity contribution in [2.45, 2.75) is 76.6 Å². The summed E-state index contributed by atoms with van der Waals surface area (Å²) < 4.78 is 18.4. The fraction of sp³-hybridized carbons (Fsp3) is 0.684. The monoisotopic (exact) mass is 314 g/mol. The smallest absolute Gasteiger partial charge is 0.399 e. The first-order valence-electron chi connectivity index (χ1n) is 8.98. The van der Waals surface area contributed by atoms with Crippen molar-refractivity contribution < 1.29 is 14.0 Å². The first-order valence-corrected chi connectivity index (χ1v) is 8.98. The molecular formula is C19H27BO3. The van der Waals surface area contributed by atoms with Crippen LogP contribution in [-0.2, 0) is 14.0 Å². The van der Waals surface area contributed by atoms with Crippen LogP contribution in [0.15, 0.2) is 18.2 Å². The molecule has 0 spiro atoms. The third-order valence-corrected chi connectivity index (χ3v) is 5.93. The van der Waals surface area contributed by atoms with Crippen LogP contribution in [0.4, 0.5) is 0 Å². The molecule has 1 aromatic rings. The molecule has 0 N–H and O–H groups in total. The summed E-state index contributed by atoms with van der Waals surface area (Å²) >= 11 is 0. The van der Waals surface area contributed by atoms with E-state index in [9.17, 15) is 0 Å². The van der Waals surface area contributed by atoms with Crippen LogP contribution in [0.3, 0.4) is 0 Å². The van der Waals surface area contributed by atoms with E-state index in [1.165, 1.54) is 30.4 Å². The lowest BCUT2D eigenvalue weighted by Gasteiger charge is -2.32. The highest BCUT2D eigenvalue weighted by atomic mass is 16.7. The highest BCUT2D eigenvalue weighted by Gasteiger charge is 2.51. The molecule has 3 aliphatic rings. The standard InChI is InChI=1S/C19H27BO3/c1-18(2)19(3,4)23-20(22-18)14-9-10-15(17-6-5-11-21-17)16(12-14)13-7-8-13/h9-10,12-13,17H,5-8,11H2,1-4H3. The number of benzene rings is 1. The van der Waals surface area contributed by atoms with Gasteiger partial charge in [-0.25, -0.2) is 0 Å². The van der Waals surface area contributed by atoms with Crippen LogP contribution in [0.5, 0.6) is 0 Å². The van der Waals surface area contributed by atoms with Gasteiger partial charge in [-0.3, -0.25) is 0 Å². The van der Waals surface area contributed by atoms with Gasteiger partial charge in [-0.2, -0.15) is 0 Å². The summed E-state index contributed by atoms with van der Waals surface area (Å²) in [6.45, 7) is 9.32. The molecule has 4 rings (SSSR count). The van der Waals surface area contributed by atoms with Gasteiger partial charge in [0.2, 0.25) is 0 Å². The lowest BCUT2D eigenvalue weighted by atomic mass is 9.76. The molecule has 3 fully saturated rings. The van der Waals surface area contributed by atoms with Crippen LogP contribution in [0, 0.1) is 0 Å². The first-order chi connectivity index (χ1) is 10.9. The van der Waals surface area contributed by atoms with Gasteiger partial charge in [-0.05, 0) is 75.9 Å². The summed E-state index contributed by atoms with van der Waals surface area (Å²) in [6, 6.07) is 6.74. The summed E-state index contributed by atoms with van der Waals surface area (Å²) in [5.74, 6) is 0.705. The molecule has 3 nitrogen and oxygen atoms in total. The van der Waals surface area contributed by atoms with E-state index in [1.54, 1.807) is 0 Å². The van der Waals surface area contributed by atoms with Gasteiger partial charge in [-0.1, -0.05) is 18.2 Å². The Morgan fingerprint density at radius 1 is 0.957 bits per heavy atom. The maximum atomic E-state index is 6.22. The molecule has 4 heteroatoms. The normalized spacial score (nSPS) is 29.2. The van der Waals surface area contributed by atoms with Crippen LogP contribution in [-0.4, -0.2) is 24.9 Å². The van der Waals surface area contributed by atoms with Gasteiger partial charge in [0.1, 0.15) is 0 Å². The zero-order chi connectivity index (χ0) is 16.2. The Balaban J connectivity index is 1.64. The molecule has 1 aliphatic carbocycles. The molecule has 0 amide bonds. The van der Waals surface area contributed by atoms with Crippen LogP contribution in [0.2, 0.25) is 0 Å². The Kier molecular flexibility index (Phi) is 3.64. The van der Waals surface area contributed by atoms with Crippen molar-refractivity contribution in [3.8, 4) is 0 Å². The van der Waals surface area contributed by atoms with Gasteiger partial charge >= 0.3 is 7.12 Å². The van der Waals surface area contributed by atoms with Gasteiger partial charge in [0, 0.05) is 6.61 Å². The van der Waals surface area contributed by atoms with Crippen molar-refractivity contribution in [2.24, 2.45) is 0 Å². The molecule has 0 bridgehead atoms.